The number of aromatic nitrogens is 2. The molecule has 0 saturated heterocycles. The lowest BCUT2D eigenvalue weighted by Gasteiger charge is -2.22. The number of amides is 1. The molecule has 2 aromatic carbocycles. The van der Waals surface area contributed by atoms with Gasteiger partial charge in [0, 0.05) is 18.9 Å². The molecule has 140 valence electrons. The number of hydrogen-bond acceptors (Lipinski definition) is 4. The van der Waals surface area contributed by atoms with E-state index in [-0.39, 0.29) is 19.0 Å². The number of nitrogens with zero attached hydrogens (tertiary/aromatic N) is 3. The first kappa shape index (κ1) is 18.7. The molecule has 0 unspecified atom stereocenters. The van der Waals surface area contributed by atoms with Gasteiger partial charge in [-0.15, -0.1) is 0 Å². The van der Waals surface area contributed by atoms with Crippen LogP contribution in [-0.4, -0.2) is 36.7 Å². The molecule has 8 heteroatoms. The summed E-state index contributed by atoms with van der Waals surface area (Å²) in [5.41, 5.74) is 2.25. The maximum atomic E-state index is 12.4. The zero-order chi connectivity index (χ0) is 19.3. The molecule has 1 aromatic heterocycles. The molecule has 1 N–H and O–H groups in total. The van der Waals surface area contributed by atoms with Crippen LogP contribution in [0.1, 0.15) is 5.56 Å². The van der Waals surface area contributed by atoms with E-state index in [1.807, 2.05) is 35.0 Å². The van der Waals surface area contributed by atoms with Crippen molar-refractivity contribution in [1.82, 2.24) is 14.9 Å². The predicted molar refractivity (Wildman–Crippen MR) is 104 cm³/mol. The molecule has 0 fully saturated rings. The lowest BCUT2D eigenvalue weighted by Crippen LogP contribution is -2.40. The second-order valence-corrected chi connectivity index (χ2v) is 7.89. The normalized spacial score (nSPS) is 11.1. The van der Waals surface area contributed by atoms with Crippen molar-refractivity contribution in [2.75, 3.05) is 17.1 Å². The van der Waals surface area contributed by atoms with Gasteiger partial charge in [0.1, 0.15) is 6.54 Å². The van der Waals surface area contributed by atoms with Crippen molar-refractivity contribution in [3.05, 3.63) is 78.9 Å². The van der Waals surface area contributed by atoms with Gasteiger partial charge in [-0.25, -0.2) is 13.4 Å². The second kappa shape index (κ2) is 8.05. The van der Waals surface area contributed by atoms with Gasteiger partial charge in [-0.2, -0.15) is 0 Å². The third kappa shape index (κ3) is 4.73. The summed E-state index contributed by atoms with van der Waals surface area (Å²) in [6, 6.07) is 16.2. The fraction of sp³-hybridized carbons (Fsp3) is 0.158. The Morgan fingerprint density at radius 3 is 2.48 bits per heavy atom. The number of benzene rings is 2. The van der Waals surface area contributed by atoms with Crippen LogP contribution in [0.4, 0.5) is 5.69 Å². The smallest absolute Gasteiger partial charge is 0.241 e. The van der Waals surface area contributed by atoms with Crippen molar-refractivity contribution in [3.8, 4) is 5.69 Å². The Kier molecular flexibility index (Phi) is 5.56. The SMILES string of the molecule is CS(=O)(=O)N(CC(=O)NCc1ccccc1-n1ccnc1)c1ccccc1. The summed E-state index contributed by atoms with van der Waals surface area (Å²) in [4.78, 5) is 16.4. The van der Waals surface area contributed by atoms with Crippen LogP contribution in [0.3, 0.4) is 0 Å². The maximum absolute atomic E-state index is 12.4. The third-order valence-electron chi connectivity index (χ3n) is 3.98. The van der Waals surface area contributed by atoms with Crippen LogP contribution < -0.4 is 9.62 Å². The van der Waals surface area contributed by atoms with Gasteiger partial charge in [-0.1, -0.05) is 36.4 Å². The average molecular weight is 384 g/mol. The average Bonchev–Trinajstić information content (AvgIpc) is 3.19. The molecule has 0 aliphatic rings. The van der Waals surface area contributed by atoms with Crippen LogP contribution in [-0.2, 0) is 21.4 Å². The first-order valence-electron chi connectivity index (χ1n) is 8.31. The van der Waals surface area contributed by atoms with Crippen LogP contribution in [0.25, 0.3) is 5.69 Å². The van der Waals surface area contributed by atoms with Gasteiger partial charge in [0.05, 0.1) is 24.0 Å². The Bertz CT molecular complexity index is 1000. The lowest BCUT2D eigenvalue weighted by atomic mass is 10.1. The molecule has 3 rings (SSSR count). The van der Waals surface area contributed by atoms with Crippen molar-refractivity contribution in [3.63, 3.8) is 0 Å². The van der Waals surface area contributed by atoms with Gasteiger partial charge in [-0.05, 0) is 23.8 Å². The minimum absolute atomic E-state index is 0.277. The highest BCUT2D eigenvalue weighted by atomic mass is 32.2. The van der Waals surface area contributed by atoms with Crippen LogP contribution in [0.15, 0.2) is 73.3 Å². The molecule has 0 spiro atoms. The first-order valence-corrected chi connectivity index (χ1v) is 10.2. The Hall–Kier alpha value is -3.13. The van der Waals surface area contributed by atoms with Gasteiger partial charge in [0.15, 0.2) is 0 Å². The van der Waals surface area contributed by atoms with Crippen LogP contribution >= 0.6 is 0 Å². The predicted octanol–water partition coefficient (Wildman–Crippen LogP) is 1.95. The topological polar surface area (TPSA) is 84.3 Å². The van der Waals surface area contributed by atoms with E-state index in [2.05, 4.69) is 10.3 Å². The monoisotopic (exact) mass is 384 g/mol. The molecule has 0 aliphatic heterocycles. The summed E-state index contributed by atoms with van der Waals surface area (Å²) >= 11 is 0. The van der Waals surface area contributed by atoms with Gasteiger partial charge >= 0.3 is 0 Å². The molecular formula is C19H20N4O3S. The molecule has 0 radical (unpaired) electrons. The maximum Gasteiger partial charge on any atom is 0.241 e. The number of carbonyl (C=O) groups is 1. The van der Waals surface area contributed by atoms with Crippen molar-refractivity contribution >= 4 is 21.6 Å². The highest BCUT2D eigenvalue weighted by Crippen LogP contribution is 2.17. The molecule has 0 saturated carbocycles. The van der Waals surface area contributed by atoms with E-state index in [1.54, 1.807) is 42.9 Å². The number of nitrogens with one attached hydrogen (secondary N) is 1. The largest absolute Gasteiger partial charge is 0.350 e. The summed E-state index contributed by atoms with van der Waals surface area (Å²) < 4.78 is 27.1. The zero-order valence-corrected chi connectivity index (χ0v) is 15.6. The van der Waals surface area contributed by atoms with Gasteiger partial charge in [0.2, 0.25) is 15.9 Å². The number of sulfonamides is 1. The molecule has 1 amide bonds. The van der Waals surface area contributed by atoms with Gasteiger partial charge in [0.25, 0.3) is 0 Å². The molecule has 0 aliphatic carbocycles. The minimum atomic E-state index is -3.58. The Morgan fingerprint density at radius 1 is 1.11 bits per heavy atom. The standard InChI is InChI=1S/C19H20N4O3S/c1-27(25,26)23(17-8-3-2-4-9-17)14-19(24)21-13-16-7-5-6-10-18(16)22-12-11-20-15-22/h2-12,15H,13-14H2,1H3,(H,21,24). The summed E-state index contributed by atoms with van der Waals surface area (Å²) in [5, 5.41) is 2.79. The number of carbonyl (C=O) groups excluding carboxylic acids is 1. The molecule has 7 nitrogen and oxygen atoms in total. The molecule has 27 heavy (non-hydrogen) atoms. The zero-order valence-electron chi connectivity index (χ0n) is 14.8. The number of imidazole rings is 1. The van der Waals surface area contributed by atoms with Crippen LogP contribution in [0.2, 0.25) is 0 Å². The van der Waals surface area contributed by atoms with E-state index < -0.39 is 10.0 Å². The van der Waals surface area contributed by atoms with E-state index in [0.29, 0.717) is 5.69 Å². The summed E-state index contributed by atoms with van der Waals surface area (Å²) in [6.45, 7) is -0.00430. The summed E-state index contributed by atoms with van der Waals surface area (Å²) in [5.74, 6) is -0.385. The molecule has 0 atom stereocenters. The van der Waals surface area contributed by atoms with E-state index in [4.69, 9.17) is 0 Å². The van der Waals surface area contributed by atoms with E-state index in [1.165, 1.54) is 0 Å². The van der Waals surface area contributed by atoms with Gasteiger partial charge in [-0.3, -0.25) is 9.10 Å². The molecule has 1 heterocycles. The lowest BCUT2D eigenvalue weighted by molar-refractivity contribution is -0.119. The van der Waals surface area contributed by atoms with Gasteiger partial charge < -0.3 is 9.88 Å². The van der Waals surface area contributed by atoms with Crippen molar-refractivity contribution in [2.24, 2.45) is 0 Å². The fourth-order valence-electron chi connectivity index (χ4n) is 2.69. The Balaban J connectivity index is 1.71. The summed E-state index contributed by atoms with van der Waals surface area (Å²) in [7, 11) is -3.58. The first-order chi connectivity index (χ1) is 12.9. The second-order valence-electron chi connectivity index (χ2n) is 5.98. The van der Waals surface area contributed by atoms with Crippen LogP contribution in [0.5, 0.6) is 0 Å². The van der Waals surface area contributed by atoms with Crippen LogP contribution in [0, 0.1) is 0 Å². The van der Waals surface area contributed by atoms with Crippen molar-refractivity contribution in [2.45, 2.75) is 6.54 Å². The van der Waals surface area contributed by atoms with E-state index >= 15 is 0 Å². The molecule has 3 aromatic rings. The van der Waals surface area contributed by atoms with Crippen molar-refractivity contribution in [1.29, 1.82) is 0 Å². The van der Waals surface area contributed by atoms with Crippen molar-refractivity contribution < 1.29 is 13.2 Å². The Labute approximate surface area is 158 Å². The van der Waals surface area contributed by atoms with E-state index in [0.717, 1.165) is 21.8 Å². The number of rotatable bonds is 7. The van der Waals surface area contributed by atoms with E-state index in [9.17, 15) is 13.2 Å². The number of anilines is 1. The third-order valence-corrected chi connectivity index (χ3v) is 5.12. The highest BCUT2D eigenvalue weighted by Gasteiger charge is 2.20. The quantitative estimate of drug-likeness (QED) is 0.675. The number of para-hydroxylation sites is 2. The molecular weight excluding hydrogens is 364 g/mol. The molecule has 0 bridgehead atoms. The highest BCUT2D eigenvalue weighted by molar-refractivity contribution is 7.92. The minimum Gasteiger partial charge on any atom is -0.350 e. The number of hydrogen-bond donors (Lipinski definition) is 1. The summed E-state index contributed by atoms with van der Waals surface area (Å²) in [6.07, 6.45) is 6.27. The Morgan fingerprint density at radius 2 is 1.81 bits per heavy atom. The fourth-order valence-corrected chi connectivity index (χ4v) is 3.54.